The van der Waals surface area contributed by atoms with Gasteiger partial charge in [0, 0.05) is 0 Å². The Morgan fingerprint density at radius 3 is 2.45 bits per heavy atom. The topological polar surface area (TPSA) is 52.7 Å². The van der Waals surface area contributed by atoms with Crippen molar-refractivity contribution in [2.45, 2.75) is 64.8 Å². The van der Waals surface area contributed by atoms with Crippen molar-refractivity contribution in [3.8, 4) is 0 Å². The second-order valence-electron chi connectivity index (χ2n) is 8.42. The first-order chi connectivity index (χ1) is 10.3. The van der Waals surface area contributed by atoms with E-state index in [9.17, 15) is 9.59 Å². The van der Waals surface area contributed by atoms with Crippen molar-refractivity contribution < 1.29 is 9.59 Å². The number of likely N-dealkylation sites (tertiary alicyclic amines) is 1. The van der Waals surface area contributed by atoms with E-state index in [1.807, 2.05) is 0 Å². The lowest BCUT2D eigenvalue weighted by Crippen LogP contribution is -2.54. The smallest absolute Gasteiger partial charge is 0.323 e. The van der Waals surface area contributed by atoms with Crippen molar-refractivity contribution >= 4 is 11.9 Å². The van der Waals surface area contributed by atoms with E-state index in [0.717, 1.165) is 32.4 Å². The van der Waals surface area contributed by atoms with Crippen molar-refractivity contribution in [3.05, 3.63) is 0 Å². The molecule has 0 unspecified atom stereocenters. The zero-order valence-electron chi connectivity index (χ0n) is 14.2. The van der Waals surface area contributed by atoms with Crippen LogP contribution in [0.1, 0.15) is 59.3 Å². The van der Waals surface area contributed by atoms with Gasteiger partial charge in [-0.25, -0.2) is 9.69 Å². The summed E-state index contributed by atoms with van der Waals surface area (Å²) in [5.74, 6) is 0.464. The predicted molar refractivity (Wildman–Crippen MR) is 85.2 cm³/mol. The Bertz CT molecular complexity index is 471. The van der Waals surface area contributed by atoms with E-state index in [0.29, 0.717) is 12.6 Å². The third-order valence-electron chi connectivity index (χ3n) is 5.41. The van der Waals surface area contributed by atoms with E-state index >= 15 is 0 Å². The van der Waals surface area contributed by atoms with Crippen LogP contribution in [0.3, 0.4) is 0 Å². The second kappa shape index (κ2) is 5.52. The molecule has 0 aromatic heterocycles. The molecule has 0 aromatic rings. The molecule has 2 heterocycles. The fourth-order valence-electron chi connectivity index (χ4n) is 4.94. The average Bonchev–Trinajstić information content (AvgIpc) is 2.61. The third-order valence-corrected chi connectivity index (χ3v) is 5.41. The van der Waals surface area contributed by atoms with E-state index in [-0.39, 0.29) is 17.4 Å². The SMILES string of the molecule is C[C@H]1CC(C)(C)C[C@@]2(C1)NC(=O)N(CN1CCCCC1)C2=O. The molecule has 124 valence electrons. The highest BCUT2D eigenvalue weighted by molar-refractivity contribution is 6.07. The molecular weight excluding hydrogens is 278 g/mol. The lowest BCUT2D eigenvalue weighted by Gasteiger charge is -2.44. The van der Waals surface area contributed by atoms with Gasteiger partial charge in [-0.2, -0.15) is 0 Å². The molecule has 3 aliphatic rings. The summed E-state index contributed by atoms with van der Waals surface area (Å²) in [4.78, 5) is 29.1. The normalized spacial score (nSPS) is 36.0. The van der Waals surface area contributed by atoms with Crippen LogP contribution in [0.25, 0.3) is 0 Å². The zero-order chi connectivity index (χ0) is 16.0. The van der Waals surface area contributed by atoms with Crippen LogP contribution in [0.15, 0.2) is 0 Å². The first-order valence-corrected chi connectivity index (χ1v) is 8.68. The molecule has 22 heavy (non-hydrogen) atoms. The van der Waals surface area contributed by atoms with E-state index in [1.54, 1.807) is 0 Å². The van der Waals surface area contributed by atoms with Crippen LogP contribution < -0.4 is 5.32 Å². The van der Waals surface area contributed by atoms with Crippen LogP contribution in [-0.4, -0.2) is 47.0 Å². The lowest BCUT2D eigenvalue weighted by molar-refractivity contribution is -0.136. The molecular formula is C17H29N3O2. The zero-order valence-corrected chi connectivity index (χ0v) is 14.2. The van der Waals surface area contributed by atoms with Crippen LogP contribution in [0.4, 0.5) is 4.79 Å². The molecule has 1 saturated carbocycles. The predicted octanol–water partition coefficient (Wildman–Crippen LogP) is 2.57. The molecule has 2 saturated heterocycles. The van der Waals surface area contributed by atoms with Crippen LogP contribution in [0.2, 0.25) is 0 Å². The molecule has 2 aliphatic heterocycles. The largest absolute Gasteiger partial charge is 0.326 e. The first kappa shape index (κ1) is 15.8. The highest BCUT2D eigenvalue weighted by Crippen LogP contribution is 2.46. The number of amides is 3. The Balaban J connectivity index is 1.75. The van der Waals surface area contributed by atoms with Crippen LogP contribution >= 0.6 is 0 Å². The van der Waals surface area contributed by atoms with Gasteiger partial charge in [0.1, 0.15) is 5.54 Å². The van der Waals surface area contributed by atoms with Gasteiger partial charge in [-0.05, 0) is 56.5 Å². The molecule has 5 heteroatoms. The summed E-state index contributed by atoms with van der Waals surface area (Å²) in [5, 5.41) is 3.06. The number of urea groups is 1. The standard InChI is InChI=1S/C17H29N3O2/c1-13-9-16(2,3)11-17(10-13)14(21)20(15(22)18-17)12-19-7-5-4-6-8-19/h13H,4-12H2,1-3H3,(H,18,22)/t13-,17+/m0/s1. The molecule has 3 rings (SSSR count). The number of carbonyl (C=O) groups is 2. The van der Waals surface area contributed by atoms with Gasteiger partial charge in [-0.3, -0.25) is 9.69 Å². The van der Waals surface area contributed by atoms with E-state index in [1.165, 1.54) is 24.2 Å². The molecule has 3 amide bonds. The maximum atomic E-state index is 13.0. The van der Waals surface area contributed by atoms with Gasteiger partial charge in [-0.1, -0.05) is 27.2 Å². The Morgan fingerprint density at radius 1 is 1.14 bits per heavy atom. The highest BCUT2D eigenvalue weighted by Gasteiger charge is 2.56. The molecule has 0 radical (unpaired) electrons. The van der Waals surface area contributed by atoms with Crippen molar-refractivity contribution in [1.29, 1.82) is 0 Å². The number of hydrogen-bond acceptors (Lipinski definition) is 3. The second-order valence-corrected chi connectivity index (χ2v) is 8.42. The minimum Gasteiger partial charge on any atom is -0.323 e. The number of piperidine rings is 1. The molecule has 0 bridgehead atoms. The van der Waals surface area contributed by atoms with E-state index in [2.05, 4.69) is 31.0 Å². The molecule has 0 aromatic carbocycles. The highest BCUT2D eigenvalue weighted by atomic mass is 16.2. The lowest BCUT2D eigenvalue weighted by atomic mass is 9.64. The summed E-state index contributed by atoms with van der Waals surface area (Å²) >= 11 is 0. The third kappa shape index (κ3) is 2.87. The monoisotopic (exact) mass is 307 g/mol. The van der Waals surface area contributed by atoms with Crippen molar-refractivity contribution in [3.63, 3.8) is 0 Å². The number of imide groups is 1. The van der Waals surface area contributed by atoms with Gasteiger partial charge in [0.15, 0.2) is 0 Å². The first-order valence-electron chi connectivity index (χ1n) is 8.68. The van der Waals surface area contributed by atoms with Crippen molar-refractivity contribution in [2.24, 2.45) is 11.3 Å². The summed E-state index contributed by atoms with van der Waals surface area (Å²) < 4.78 is 0. The summed E-state index contributed by atoms with van der Waals surface area (Å²) in [5.41, 5.74) is -0.560. The number of rotatable bonds is 2. The Labute approximate surface area is 133 Å². The fraction of sp³-hybridized carbons (Fsp3) is 0.882. The van der Waals surface area contributed by atoms with Gasteiger partial charge in [-0.15, -0.1) is 0 Å². The minimum atomic E-state index is -0.659. The van der Waals surface area contributed by atoms with Crippen molar-refractivity contribution in [1.82, 2.24) is 15.1 Å². The molecule has 5 nitrogen and oxygen atoms in total. The quantitative estimate of drug-likeness (QED) is 0.798. The van der Waals surface area contributed by atoms with Gasteiger partial charge in [0.2, 0.25) is 0 Å². The maximum Gasteiger partial charge on any atom is 0.326 e. The molecule has 1 aliphatic carbocycles. The van der Waals surface area contributed by atoms with Gasteiger partial charge >= 0.3 is 6.03 Å². The number of carbonyl (C=O) groups excluding carboxylic acids is 2. The summed E-state index contributed by atoms with van der Waals surface area (Å²) in [6.45, 7) is 9.04. The Hall–Kier alpha value is -1.10. The van der Waals surface area contributed by atoms with Crippen LogP contribution in [-0.2, 0) is 4.79 Å². The summed E-state index contributed by atoms with van der Waals surface area (Å²) in [6.07, 6.45) is 6.23. The maximum absolute atomic E-state index is 13.0. The molecule has 1 spiro atoms. The van der Waals surface area contributed by atoms with E-state index in [4.69, 9.17) is 0 Å². The fourth-order valence-corrected chi connectivity index (χ4v) is 4.94. The number of nitrogens with one attached hydrogen (secondary N) is 1. The Morgan fingerprint density at radius 2 is 1.82 bits per heavy atom. The van der Waals surface area contributed by atoms with Gasteiger partial charge in [0.25, 0.3) is 5.91 Å². The van der Waals surface area contributed by atoms with Crippen LogP contribution in [0, 0.1) is 11.3 Å². The molecule has 1 N–H and O–H groups in total. The van der Waals surface area contributed by atoms with Crippen LogP contribution in [0.5, 0.6) is 0 Å². The number of nitrogens with zero attached hydrogens (tertiary/aromatic N) is 2. The summed E-state index contributed by atoms with van der Waals surface area (Å²) in [7, 11) is 0. The van der Waals surface area contributed by atoms with Gasteiger partial charge in [0.05, 0.1) is 6.67 Å². The number of hydrogen-bond donors (Lipinski definition) is 1. The van der Waals surface area contributed by atoms with Gasteiger partial charge < -0.3 is 5.32 Å². The molecule has 3 fully saturated rings. The van der Waals surface area contributed by atoms with E-state index < -0.39 is 5.54 Å². The van der Waals surface area contributed by atoms with Crippen molar-refractivity contribution in [2.75, 3.05) is 19.8 Å². The Kier molecular flexibility index (Phi) is 3.96. The minimum absolute atomic E-state index is 0.00250. The average molecular weight is 307 g/mol. The molecule has 2 atom stereocenters. The summed E-state index contributed by atoms with van der Waals surface area (Å²) in [6, 6.07) is -0.194.